The second-order valence-corrected chi connectivity index (χ2v) is 9.70. The normalized spacial score (nSPS) is 12.6. The first-order chi connectivity index (χ1) is 15.5. The Labute approximate surface area is 186 Å². The van der Waals surface area contributed by atoms with Gasteiger partial charge < -0.3 is 10.3 Å². The number of anilines is 1. The Balaban J connectivity index is 1.42. The predicted molar refractivity (Wildman–Crippen MR) is 128 cm³/mol. The standard InChI is InChI=1S/C25H22N4O2S/c1-29(23-15-14-22-24-20(23)8-5-9-21(24)25(27-22)28-26)16-17-10-12-19(13-11-17)32(30,31)18-6-3-2-4-7-18/h2-15H,16,26H2,1H3,(H,27,28). The quantitative estimate of drug-likeness (QED) is 0.358. The Morgan fingerprint density at radius 2 is 1.59 bits per heavy atom. The molecule has 0 atom stereocenters. The molecule has 0 radical (unpaired) electrons. The molecular weight excluding hydrogens is 420 g/mol. The summed E-state index contributed by atoms with van der Waals surface area (Å²) in [6, 6.07) is 25.7. The van der Waals surface area contributed by atoms with E-state index in [1.165, 1.54) is 0 Å². The zero-order valence-corrected chi connectivity index (χ0v) is 18.3. The molecule has 0 amide bonds. The predicted octanol–water partition coefficient (Wildman–Crippen LogP) is 4.16. The number of sulfone groups is 1. The highest BCUT2D eigenvalue weighted by atomic mass is 32.2. The van der Waals surface area contributed by atoms with Crippen molar-refractivity contribution in [2.24, 2.45) is 10.8 Å². The summed E-state index contributed by atoms with van der Waals surface area (Å²) in [5, 5.41) is 2.17. The minimum absolute atomic E-state index is 0.291. The Morgan fingerprint density at radius 3 is 2.31 bits per heavy atom. The lowest BCUT2D eigenvalue weighted by molar-refractivity contribution is 0.596. The van der Waals surface area contributed by atoms with Crippen LogP contribution in [0.2, 0.25) is 0 Å². The van der Waals surface area contributed by atoms with E-state index in [1.807, 2.05) is 37.4 Å². The summed E-state index contributed by atoms with van der Waals surface area (Å²) in [6.45, 7) is 0.632. The Kier molecular flexibility index (Phi) is 4.92. The first kappa shape index (κ1) is 20.2. The maximum absolute atomic E-state index is 12.8. The average molecular weight is 443 g/mol. The molecule has 5 rings (SSSR count). The van der Waals surface area contributed by atoms with Gasteiger partial charge in [-0.05, 0) is 42.0 Å². The van der Waals surface area contributed by atoms with Crippen LogP contribution in [0, 0.1) is 0 Å². The van der Waals surface area contributed by atoms with E-state index in [0.29, 0.717) is 22.2 Å². The van der Waals surface area contributed by atoms with Gasteiger partial charge in [0.15, 0.2) is 0 Å². The van der Waals surface area contributed by atoms with Crippen LogP contribution in [0.25, 0.3) is 10.8 Å². The van der Waals surface area contributed by atoms with E-state index in [0.717, 1.165) is 33.3 Å². The molecule has 0 saturated heterocycles. The SMILES string of the molecule is CN(Cc1ccc(S(=O)(=O)c2ccccc2)cc1)c1ccc2c3c(cccc13)C(NN)=N2. The summed E-state index contributed by atoms with van der Waals surface area (Å²) in [6.07, 6.45) is 0. The number of aliphatic imine (C=N–C) groups is 1. The van der Waals surface area contributed by atoms with Gasteiger partial charge in [0.05, 0.1) is 15.5 Å². The van der Waals surface area contributed by atoms with E-state index in [4.69, 9.17) is 5.84 Å². The molecule has 32 heavy (non-hydrogen) atoms. The van der Waals surface area contributed by atoms with Crippen molar-refractivity contribution in [3.8, 4) is 0 Å². The second kappa shape index (κ2) is 7.78. The fourth-order valence-corrected chi connectivity index (χ4v) is 5.44. The van der Waals surface area contributed by atoms with Crippen LogP contribution in [0.1, 0.15) is 11.1 Å². The summed E-state index contributed by atoms with van der Waals surface area (Å²) in [5.74, 6) is 6.30. The topological polar surface area (TPSA) is 87.8 Å². The van der Waals surface area contributed by atoms with Gasteiger partial charge in [-0.15, -0.1) is 0 Å². The van der Waals surface area contributed by atoms with Crippen LogP contribution in [0.4, 0.5) is 11.4 Å². The zero-order valence-electron chi connectivity index (χ0n) is 17.5. The zero-order chi connectivity index (χ0) is 22.3. The van der Waals surface area contributed by atoms with Crippen molar-refractivity contribution >= 4 is 37.8 Å². The first-order valence-corrected chi connectivity index (χ1v) is 11.7. The van der Waals surface area contributed by atoms with Crippen LogP contribution in [0.5, 0.6) is 0 Å². The fraction of sp³-hybridized carbons (Fsp3) is 0.0800. The maximum atomic E-state index is 12.8. The van der Waals surface area contributed by atoms with Gasteiger partial charge in [0, 0.05) is 35.6 Å². The van der Waals surface area contributed by atoms with E-state index in [1.54, 1.807) is 42.5 Å². The van der Waals surface area contributed by atoms with Gasteiger partial charge in [-0.3, -0.25) is 0 Å². The first-order valence-electron chi connectivity index (χ1n) is 10.2. The molecule has 4 aromatic rings. The van der Waals surface area contributed by atoms with Crippen LogP contribution < -0.4 is 16.2 Å². The highest BCUT2D eigenvalue weighted by molar-refractivity contribution is 7.91. The van der Waals surface area contributed by atoms with Crippen molar-refractivity contribution in [3.05, 3.63) is 96.1 Å². The highest BCUT2D eigenvalue weighted by Gasteiger charge is 2.21. The van der Waals surface area contributed by atoms with E-state index < -0.39 is 9.84 Å². The highest BCUT2D eigenvalue weighted by Crippen LogP contribution is 2.39. The van der Waals surface area contributed by atoms with Crippen molar-refractivity contribution in [1.29, 1.82) is 0 Å². The summed E-state index contributed by atoms with van der Waals surface area (Å²) in [7, 11) is -1.49. The van der Waals surface area contributed by atoms with Crippen molar-refractivity contribution in [3.63, 3.8) is 0 Å². The van der Waals surface area contributed by atoms with Crippen molar-refractivity contribution in [2.75, 3.05) is 11.9 Å². The molecule has 7 heteroatoms. The summed E-state index contributed by atoms with van der Waals surface area (Å²) < 4.78 is 25.6. The Hall–Kier alpha value is -3.68. The van der Waals surface area contributed by atoms with E-state index in [2.05, 4.69) is 27.5 Å². The second-order valence-electron chi connectivity index (χ2n) is 7.75. The molecule has 0 saturated carbocycles. The number of nitrogens with one attached hydrogen (secondary N) is 1. The van der Waals surface area contributed by atoms with Crippen LogP contribution in [-0.2, 0) is 16.4 Å². The van der Waals surface area contributed by atoms with Crippen molar-refractivity contribution in [1.82, 2.24) is 5.43 Å². The van der Waals surface area contributed by atoms with Gasteiger partial charge in [0.2, 0.25) is 9.84 Å². The summed E-state index contributed by atoms with van der Waals surface area (Å²) in [5.41, 5.74) is 6.65. The molecule has 0 aliphatic carbocycles. The molecule has 4 aromatic carbocycles. The van der Waals surface area contributed by atoms with Gasteiger partial charge in [-0.2, -0.15) is 0 Å². The molecule has 1 heterocycles. The summed E-state index contributed by atoms with van der Waals surface area (Å²) >= 11 is 0. The Morgan fingerprint density at radius 1 is 0.875 bits per heavy atom. The third-order valence-corrected chi connectivity index (χ3v) is 7.52. The molecule has 0 unspecified atom stereocenters. The van der Waals surface area contributed by atoms with Gasteiger partial charge in [0.25, 0.3) is 0 Å². The molecule has 160 valence electrons. The van der Waals surface area contributed by atoms with Gasteiger partial charge in [-0.1, -0.05) is 48.5 Å². The van der Waals surface area contributed by atoms with Gasteiger partial charge >= 0.3 is 0 Å². The number of nitrogens with two attached hydrogens (primary N) is 1. The Bertz CT molecular complexity index is 1450. The molecule has 1 aliphatic heterocycles. The molecule has 0 fully saturated rings. The third kappa shape index (κ3) is 3.32. The minimum atomic E-state index is -3.52. The number of hydrazine groups is 1. The molecule has 6 nitrogen and oxygen atoms in total. The number of benzene rings is 4. The largest absolute Gasteiger partial charge is 0.370 e. The number of rotatable bonds is 5. The molecule has 0 aromatic heterocycles. The molecule has 0 spiro atoms. The number of nitrogens with zero attached hydrogens (tertiary/aromatic N) is 2. The van der Waals surface area contributed by atoms with Crippen LogP contribution in [-0.4, -0.2) is 21.3 Å². The van der Waals surface area contributed by atoms with Crippen LogP contribution >= 0.6 is 0 Å². The molecular formula is C25H22N4O2S. The summed E-state index contributed by atoms with van der Waals surface area (Å²) in [4.78, 5) is 7.30. The third-order valence-electron chi connectivity index (χ3n) is 5.74. The number of hydrogen-bond acceptors (Lipinski definition) is 6. The van der Waals surface area contributed by atoms with Crippen molar-refractivity contribution < 1.29 is 8.42 Å². The van der Waals surface area contributed by atoms with Gasteiger partial charge in [-0.25, -0.2) is 19.3 Å². The van der Waals surface area contributed by atoms with Gasteiger partial charge in [0.1, 0.15) is 5.84 Å². The lowest BCUT2D eigenvalue weighted by Crippen LogP contribution is -2.29. The maximum Gasteiger partial charge on any atom is 0.206 e. The van der Waals surface area contributed by atoms with E-state index in [-0.39, 0.29) is 0 Å². The van der Waals surface area contributed by atoms with E-state index >= 15 is 0 Å². The fourth-order valence-electron chi connectivity index (χ4n) is 4.16. The van der Waals surface area contributed by atoms with E-state index in [9.17, 15) is 8.42 Å². The van der Waals surface area contributed by atoms with Crippen molar-refractivity contribution in [2.45, 2.75) is 16.3 Å². The lowest BCUT2D eigenvalue weighted by atomic mass is 10.0. The smallest absolute Gasteiger partial charge is 0.206 e. The molecule has 1 aliphatic rings. The number of amidine groups is 1. The lowest BCUT2D eigenvalue weighted by Gasteiger charge is -2.22. The molecule has 0 bridgehead atoms. The monoisotopic (exact) mass is 442 g/mol. The average Bonchev–Trinajstić information content (AvgIpc) is 3.20. The molecule has 3 N–H and O–H groups in total. The minimum Gasteiger partial charge on any atom is -0.370 e. The van der Waals surface area contributed by atoms with Crippen LogP contribution in [0.15, 0.2) is 99.7 Å². The number of hydrogen-bond donors (Lipinski definition) is 2. The van der Waals surface area contributed by atoms with Crippen LogP contribution in [0.3, 0.4) is 0 Å².